The Morgan fingerprint density at radius 1 is 0.571 bits per heavy atom. The van der Waals surface area contributed by atoms with E-state index in [2.05, 4.69) is 144 Å². The van der Waals surface area contributed by atoms with Crippen LogP contribution < -0.4 is 15.8 Å². The van der Waals surface area contributed by atoms with E-state index in [-0.39, 0.29) is 18.1 Å². The van der Waals surface area contributed by atoms with E-state index >= 15 is 0 Å². The quantitative estimate of drug-likeness (QED) is 0.150. The van der Waals surface area contributed by atoms with Gasteiger partial charge in [0.05, 0.1) is 13.2 Å². The minimum atomic E-state index is -0.141. The standard InChI is InChI=1S/C38H41N3O/c1-42-35-24-22-34(23-25-35)40-38(36(39)26-30-14-6-2-7-15-30)37(27-31-16-8-3-9-17-31)41(28-32-18-10-4-11-19-32)29-33-20-12-5-13-21-33/h2-25,36-38,40H,26-29,39H2,1H3/t36-,37-,38+/m0/s1. The van der Waals surface area contributed by atoms with Crippen molar-refractivity contribution in [1.29, 1.82) is 0 Å². The lowest BCUT2D eigenvalue weighted by Gasteiger charge is -2.41. The fourth-order valence-electron chi connectivity index (χ4n) is 5.65. The number of nitrogens with zero attached hydrogens (tertiary/aromatic N) is 1. The Kier molecular flexibility index (Phi) is 10.4. The number of hydrogen-bond acceptors (Lipinski definition) is 4. The van der Waals surface area contributed by atoms with Crippen molar-refractivity contribution in [1.82, 2.24) is 4.90 Å². The van der Waals surface area contributed by atoms with Crippen LogP contribution in [0.25, 0.3) is 0 Å². The lowest BCUT2D eigenvalue weighted by Crippen LogP contribution is -2.56. The van der Waals surface area contributed by atoms with Crippen LogP contribution in [0, 0.1) is 0 Å². The molecule has 0 bridgehead atoms. The summed E-state index contributed by atoms with van der Waals surface area (Å²) in [4.78, 5) is 2.60. The van der Waals surface area contributed by atoms with Crippen molar-refractivity contribution < 1.29 is 4.74 Å². The third-order valence-corrected chi connectivity index (χ3v) is 7.83. The lowest BCUT2D eigenvalue weighted by molar-refractivity contribution is 0.148. The SMILES string of the molecule is COc1ccc(N[C@H]([C@@H](N)Cc2ccccc2)[C@H](Cc2ccccc2)N(Cc2ccccc2)Cc2ccccc2)cc1. The van der Waals surface area contributed by atoms with Crippen molar-refractivity contribution in [2.24, 2.45) is 5.73 Å². The van der Waals surface area contributed by atoms with Crippen LogP contribution in [0.2, 0.25) is 0 Å². The number of benzene rings is 5. The summed E-state index contributed by atoms with van der Waals surface area (Å²) in [5.41, 5.74) is 13.3. The molecule has 5 aromatic rings. The molecule has 0 saturated carbocycles. The van der Waals surface area contributed by atoms with E-state index in [0.29, 0.717) is 0 Å². The smallest absolute Gasteiger partial charge is 0.119 e. The van der Waals surface area contributed by atoms with Gasteiger partial charge < -0.3 is 15.8 Å². The highest BCUT2D eigenvalue weighted by atomic mass is 16.5. The summed E-state index contributed by atoms with van der Waals surface area (Å²) in [5, 5.41) is 3.90. The second-order valence-electron chi connectivity index (χ2n) is 10.9. The second kappa shape index (κ2) is 15.0. The fourth-order valence-corrected chi connectivity index (χ4v) is 5.65. The third-order valence-electron chi connectivity index (χ3n) is 7.83. The van der Waals surface area contributed by atoms with Gasteiger partial charge in [-0.05, 0) is 59.4 Å². The van der Waals surface area contributed by atoms with E-state index in [1.165, 1.54) is 22.3 Å². The predicted octanol–water partition coefficient (Wildman–Crippen LogP) is 7.36. The molecule has 5 rings (SSSR count). The first kappa shape index (κ1) is 29.1. The van der Waals surface area contributed by atoms with Crippen LogP contribution >= 0.6 is 0 Å². The summed E-state index contributed by atoms with van der Waals surface area (Å²) < 4.78 is 5.44. The van der Waals surface area contributed by atoms with Crippen LogP contribution in [-0.2, 0) is 25.9 Å². The Hall–Kier alpha value is -4.38. The summed E-state index contributed by atoms with van der Waals surface area (Å²) in [6, 6.07) is 50.9. The second-order valence-corrected chi connectivity index (χ2v) is 10.9. The lowest BCUT2D eigenvalue weighted by atomic mass is 9.88. The van der Waals surface area contributed by atoms with E-state index in [0.717, 1.165) is 37.4 Å². The van der Waals surface area contributed by atoms with Crippen molar-refractivity contribution in [3.8, 4) is 5.75 Å². The fraction of sp³-hybridized carbons (Fsp3) is 0.211. The molecule has 0 aliphatic rings. The van der Waals surface area contributed by atoms with Crippen LogP contribution in [0.3, 0.4) is 0 Å². The van der Waals surface area contributed by atoms with Crippen LogP contribution in [0.5, 0.6) is 5.75 Å². The molecule has 3 N–H and O–H groups in total. The van der Waals surface area contributed by atoms with Crippen LogP contribution in [0.15, 0.2) is 146 Å². The molecule has 4 heteroatoms. The van der Waals surface area contributed by atoms with Crippen molar-refractivity contribution in [2.75, 3.05) is 12.4 Å². The molecule has 0 saturated heterocycles. The van der Waals surface area contributed by atoms with Crippen molar-refractivity contribution in [3.05, 3.63) is 168 Å². The summed E-state index contributed by atoms with van der Waals surface area (Å²) in [6.07, 6.45) is 1.63. The van der Waals surface area contributed by atoms with Gasteiger partial charge in [-0.2, -0.15) is 0 Å². The average molecular weight is 556 g/mol. The van der Waals surface area contributed by atoms with Crippen molar-refractivity contribution >= 4 is 5.69 Å². The number of ether oxygens (including phenoxy) is 1. The molecular weight excluding hydrogens is 514 g/mol. The summed E-state index contributed by atoms with van der Waals surface area (Å²) in [5.74, 6) is 0.835. The highest BCUT2D eigenvalue weighted by molar-refractivity contribution is 5.48. The molecule has 0 fully saturated rings. The molecule has 3 atom stereocenters. The van der Waals surface area contributed by atoms with E-state index < -0.39 is 0 Å². The molecule has 0 unspecified atom stereocenters. The van der Waals surface area contributed by atoms with Gasteiger partial charge in [-0.1, -0.05) is 121 Å². The van der Waals surface area contributed by atoms with Gasteiger partial charge >= 0.3 is 0 Å². The van der Waals surface area contributed by atoms with E-state index in [1.54, 1.807) is 7.11 Å². The van der Waals surface area contributed by atoms with Crippen LogP contribution in [0.4, 0.5) is 5.69 Å². The largest absolute Gasteiger partial charge is 0.497 e. The molecule has 0 aliphatic heterocycles. The first-order chi connectivity index (χ1) is 20.7. The van der Waals surface area contributed by atoms with Gasteiger partial charge in [-0.3, -0.25) is 4.90 Å². The minimum absolute atomic E-state index is 0.0498. The number of nitrogens with two attached hydrogens (primary N) is 1. The number of hydrogen-bond donors (Lipinski definition) is 2. The zero-order valence-corrected chi connectivity index (χ0v) is 24.3. The topological polar surface area (TPSA) is 50.5 Å². The van der Waals surface area contributed by atoms with Gasteiger partial charge in [0.1, 0.15) is 5.75 Å². The summed E-state index contributed by atoms with van der Waals surface area (Å²) in [6.45, 7) is 1.62. The van der Waals surface area contributed by atoms with Gasteiger partial charge in [0, 0.05) is 30.9 Å². The van der Waals surface area contributed by atoms with Crippen LogP contribution in [0.1, 0.15) is 22.3 Å². The maximum absolute atomic E-state index is 7.22. The van der Waals surface area contributed by atoms with Crippen molar-refractivity contribution in [3.63, 3.8) is 0 Å². The molecule has 0 spiro atoms. The molecule has 214 valence electrons. The molecule has 42 heavy (non-hydrogen) atoms. The maximum atomic E-state index is 7.22. The first-order valence-electron chi connectivity index (χ1n) is 14.7. The summed E-state index contributed by atoms with van der Waals surface area (Å²) >= 11 is 0. The Morgan fingerprint density at radius 2 is 1.00 bits per heavy atom. The number of anilines is 1. The zero-order valence-electron chi connectivity index (χ0n) is 24.3. The van der Waals surface area contributed by atoms with Crippen molar-refractivity contribution in [2.45, 2.75) is 44.1 Å². The predicted molar refractivity (Wildman–Crippen MR) is 175 cm³/mol. The Balaban J connectivity index is 1.56. The van der Waals surface area contributed by atoms with Crippen LogP contribution in [-0.4, -0.2) is 30.1 Å². The number of methoxy groups -OCH3 is 1. The van der Waals surface area contributed by atoms with Gasteiger partial charge in [0.25, 0.3) is 0 Å². The molecule has 0 aromatic heterocycles. The normalized spacial score (nSPS) is 13.3. The van der Waals surface area contributed by atoms with Gasteiger partial charge in [-0.15, -0.1) is 0 Å². The number of nitrogens with one attached hydrogen (secondary N) is 1. The third kappa shape index (κ3) is 8.32. The molecule has 0 amide bonds. The molecule has 0 aliphatic carbocycles. The monoisotopic (exact) mass is 555 g/mol. The highest BCUT2D eigenvalue weighted by Gasteiger charge is 2.33. The molecular formula is C38H41N3O. The average Bonchev–Trinajstić information content (AvgIpc) is 3.04. The van der Waals surface area contributed by atoms with Gasteiger partial charge in [0.15, 0.2) is 0 Å². The summed E-state index contributed by atoms with van der Waals surface area (Å²) in [7, 11) is 1.70. The van der Waals surface area contributed by atoms with E-state index in [9.17, 15) is 0 Å². The van der Waals surface area contributed by atoms with Gasteiger partial charge in [-0.25, -0.2) is 0 Å². The zero-order chi connectivity index (χ0) is 29.0. The first-order valence-corrected chi connectivity index (χ1v) is 14.7. The molecule has 5 aromatic carbocycles. The number of rotatable bonds is 14. The Labute approximate surface area is 250 Å². The van der Waals surface area contributed by atoms with E-state index in [1.807, 2.05) is 12.1 Å². The molecule has 0 heterocycles. The van der Waals surface area contributed by atoms with Gasteiger partial charge in [0.2, 0.25) is 0 Å². The van der Waals surface area contributed by atoms with E-state index in [4.69, 9.17) is 10.5 Å². The molecule has 4 nitrogen and oxygen atoms in total. The Morgan fingerprint density at radius 3 is 1.45 bits per heavy atom. The molecule has 0 radical (unpaired) electrons. The Bertz CT molecular complexity index is 1400. The highest BCUT2D eigenvalue weighted by Crippen LogP contribution is 2.25. The minimum Gasteiger partial charge on any atom is -0.497 e. The maximum Gasteiger partial charge on any atom is 0.119 e.